The Bertz CT molecular complexity index is 426. The van der Waals surface area contributed by atoms with Crippen LogP contribution in [0.3, 0.4) is 0 Å². The number of rotatable bonds is 5. The van der Waals surface area contributed by atoms with E-state index in [1.54, 1.807) is 0 Å². The summed E-state index contributed by atoms with van der Waals surface area (Å²) in [6.07, 6.45) is 2.50. The van der Waals surface area contributed by atoms with E-state index in [2.05, 4.69) is 70.3 Å². The molecule has 1 aromatic carbocycles. The molecule has 0 amide bonds. The highest BCUT2D eigenvalue weighted by molar-refractivity contribution is 9.10. The minimum Gasteiger partial charge on any atom is -0.371 e. The molecule has 4 heteroatoms. The van der Waals surface area contributed by atoms with E-state index in [1.807, 2.05) is 0 Å². The lowest BCUT2D eigenvalue weighted by Gasteiger charge is -2.37. The molecule has 112 valence electrons. The summed E-state index contributed by atoms with van der Waals surface area (Å²) in [6.45, 7) is 6.38. The zero-order valence-corrected chi connectivity index (χ0v) is 14.4. The highest BCUT2D eigenvalue weighted by Gasteiger charge is 2.21. The van der Waals surface area contributed by atoms with Gasteiger partial charge in [0.1, 0.15) is 0 Å². The molecule has 0 aliphatic carbocycles. The van der Waals surface area contributed by atoms with Crippen molar-refractivity contribution >= 4 is 21.6 Å². The largest absolute Gasteiger partial charge is 0.371 e. The summed E-state index contributed by atoms with van der Waals surface area (Å²) in [6, 6.07) is 7.47. The molecule has 1 saturated heterocycles. The molecule has 1 N–H and O–H groups in total. The lowest BCUT2D eigenvalue weighted by atomic mass is 10.0. The van der Waals surface area contributed by atoms with Crippen molar-refractivity contribution in [2.75, 3.05) is 38.6 Å². The SMILES string of the molecule is CCNCc1ccc(N2CCC(N(C)C)CC2)c(Br)c1. The first kappa shape index (κ1) is 15.8. The van der Waals surface area contributed by atoms with Gasteiger partial charge in [-0.3, -0.25) is 0 Å². The third-order valence-corrected chi connectivity index (χ3v) is 4.76. The van der Waals surface area contributed by atoms with Gasteiger partial charge >= 0.3 is 0 Å². The molecule has 20 heavy (non-hydrogen) atoms. The van der Waals surface area contributed by atoms with E-state index in [9.17, 15) is 0 Å². The van der Waals surface area contributed by atoms with E-state index >= 15 is 0 Å². The van der Waals surface area contributed by atoms with Gasteiger partial charge in [-0.05, 0) is 67.1 Å². The van der Waals surface area contributed by atoms with E-state index in [4.69, 9.17) is 0 Å². The lowest BCUT2D eigenvalue weighted by molar-refractivity contribution is 0.249. The Labute approximate surface area is 131 Å². The van der Waals surface area contributed by atoms with E-state index < -0.39 is 0 Å². The minimum atomic E-state index is 0.734. The molecule has 0 unspecified atom stereocenters. The second-order valence-corrected chi connectivity index (χ2v) is 6.60. The lowest BCUT2D eigenvalue weighted by Crippen LogP contribution is -2.42. The molecule has 0 saturated carbocycles. The average Bonchev–Trinajstić information content (AvgIpc) is 2.45. The number of hydrogen-bond acceptors (Lipinski definition) is 3. The topological polar surface area (TPSA) is 18.5 Å². The Morgan fingerprint density at radius 2 is 2.00 bits per heavy atom. The van der Waals surface area contributed by atoms with Gasteiger partial charge in [-0.15, -0.1) is 0 Å². The van der Waals surface area contributed by atoms with Gasteiger partial charge in [0.2, 0.25) is 0 Å². The summed E-state index contributed by atoms with van der Waals surface area (Å²) >= 11 is 3.74. The third kappa shape index (κ3) is 3.96. The van der Waals surface area contributed by atoms with Crippen LogP contribution in [0.1, 0.15) is 25.3 Å². The molecule has 3 nitrogen and oxygen atoms in total. The molecule has 0 radical (unpaired) electrons. The number of benzene rings is 1. The third-order valence-electron chi connectivity index (χ3n) is 4.13. The number of hydrogen-bond donors (Lipinski definition) is 1. The molecule has 1 aliphatic rings. The maximum absolute atomic E-state index is 3.74. The summed E-state index contributed by atoms with van der Waals surface area (Å²) < 4.78 is 1.22. The van der Waals surface area contributed by atoms with E-state index in [1.165, 1.54) is 28.6 Å². The van der Waals surface area contributed by atoms with Crippen LogP contribution in [0.4, 0.5) is 5.69 Å². The molecule has 0 bridgehead atoms. The number of nitrogens with one attached hydrogen (secondary N) is 1. The van der Waals surface area contributed by atoms with Crippen LogP contribution in [0.15, 0.2) is 22.7 Å². The normalized spacial score (nSPS) is 16.9. The predicted octanol–water partition coefficient (Wildman–Crippen LogP) is 3.09. The van der Waals surface area contributed by atoms with Crippen molar-refractivity contribution in [3.63, 3.8) is 0 Å². The second kappa shape index (κ2) is 7.43. The maximum atomic E-state index is 3.74. The van der Waals surface area contributed by atoms with Crippen molar-refractivity contribution in [2.24, 2.45) is 0 Å². The van der Waals surface area contributed by atoms with E-state index in [0.29, 0.717) is 0 Å². The number of halogens is 1. The van der Waals surface area contributed by atoms with Crippen LogP contribution in [0.2, 0.25) is 0 Å². The standard InChI is InChI=1S/C16H26BrN3/c1-4-18-12-13-5-6-16(15(17)11-13)20-9-7-14(8-10-20)19(2)3/h5-6,11,14,18H,4,7-10,12H2,1-3H3. The first-order valence-corrected chi connectivity index (χ1v) is 8.31. The fraction of sp³-hybridized carbons (Fsp3) is 0.625. The molecule has 1 aromatic rings. The van der Waals surface area contributed by atoms with Crippen molar-refractivity contribution in [2.45, 2.75) is 32.4 Å². The van der Waals surface area contributed by atoms with E-state index in [0.717, 1.165) is 32.2 Å². The van der Waals surface area contributed by atoms with E-state index in [-0.39, 0.29) is 0 Å². The summed E-state index contributed by atoms with van der Waals surface area (Å²) in [5, 5.41) is 3.37. The molecule has 0 spiro atoms. The van der Waals surface area contributed by atoms with Crippen LogP contribution in [0.5, 0.6) is 0 Å². The monoisotopic (exact) mass is 339 g/mol. The van der Waals surface area contributed by atoms with Crippen molar-refractivity contribution in [3.05, 3.63) is 28.2 Å². The highest BCUT2D eigenvalue weighted by Crippen LogP contribution is 2.30. The summed E-state index contributed by atoms with van der Waals surface area (Å²) in [4.78, 5) is 4.85. The Kier molecular flexibility index (Phi) is 5.87. The quantitative estimate of drug-likeness (QED) is 0.889. The smallest absolute Gasteiger partial charge is 0.0510 e. The Morgan fingerprint density at radius 1 is 1.30 bits per heavy atom. The second-order valence-electron chi connectivity index (χ2n) is 5.75. The van der Waals surface area contributed by atoms with Gasteiger partial charge < -0.3 is 15.1 Å². The molecule has 0 aromatic heterocycles. The van der Waals surface area contributed by atoms with Crippen LogP contribution in [0, 0.1) is 0 Å². The van der Waals surface area contributed by atoms with Gasteiger partial charge in [0.05, 0.1) is 5.69 Å². The summed E-state index contributed by atoms with van der Waals surface area (Å²) in [7, 11) is 4.37. The maximum Gasteiger partial charge on any atom is 0.0510 e. The van der Waals surface area contributed by atoms with Gasteiger partial charge in [-0.2, -0.15) is 0 Å². The van der Waals surface area contributed by atoms with Crippen LogP contribution in [-0.2, 0) is 6.54 Å². The van der Waals surface area contributed by atoms with Crippen molar-refractivity contribution < 1.29 is 0 Å². The minimum absolute atomic E-state index is 0.734. The first-order chi connectivity index (χ1) is 9.61. The van der Waals surface area contributed by atoms with Crippen molar-refractivity contribution in [1.29, 1.82) is 0 Å². The first-order valence-electron chi connectivity index (χ1n) is 7.52. The zero-order valence-electron chi connectivity index (χ0n) is 12.8. The van der Waals surface area contributed by atoms with Gasteiger partial charge in [0.15, 0.2) is 0 Å². The Hall–Kier alpha value is -0.580. The van der Waals surface area contributed by atoms with Crippen LogP contribution >= 0.6 is 15.9 Å². The number of nitrogens with zero attached hydrogens (tertiary/aromatic N) is 2. The fourth-order valence-electron chi connectivity index (χ4n) is 2.81. The predicted molar refractivity (Wildman–Crippen MR) is 90.4 cm³/mol. The number of piperidine rings is 1. The molecular weight excluding hydrogens is 314 g/mol. The van der Waals surface area contributed by atoms with Crippen LogP contribution in [0.25, 0.3) is 0 Å². The molecule has 2 rings (SSSR count). The number of anilines is 1. The average molecular weight is 340 g/mol. The zero-order chi connectivity index (χ0) is 14.5. The van der Waals surface area contributed by atoms with Gasteiger partial charge in [0.25, 0.3) is 0 Å². The summed E-state index contributed by atoms with van der Waals surface area (Å²) in [5.41, 5.74) is 2.67. The molecule has 1 heterocycles. The van der Waals surface area contributed by atoms with Crippen molar-refractivity contribution in [3.8, 4) is 0 Å². The molecular formula is C16H26BrN3. The van der Waals surface area contributed by atoms with Gasteiger partial charge in [0, 0.05) is 30.1 Å². The van der Waals surface area contributed by atoms with Gasteiger partial charge in [-0.25, -0.2) is 0 Å². The Balaban J connectivity index is 1.99. The summed E-state index contributed by atoms with van der Waals surface area (Å²) in [5.74, 6) is 0. The molecule has 1 aliphatic heterocycles. The van der Waals surface area contributed by atoms with Crippen molar-refractivity contribution in [1.82, 2.24) is 10.2 Å². The Morgan fingerprint density at radius 3 is 2.55 bits per heavy atom. The highest BCUT2D eigenvalue weighted by atomic mass is 79.9. The van der Waals surface area contributed by atoms with Crippen LogP contribution < -0.4 is 10.2 Å². The van der Waals surface area contributed by atoms with Crippen LogP contribution in [-0.4, -0.2) is 44.7 Å². The fourth-order valence-corrected chi connectivity index (χ4v) is 3.49. The molecule has 0 atom stereocenters. The van der Waals surface area contributed by atoms with Gasteiger partial charge in [-0.1, -0.05) is 13.0 Å². The molecule has 1 fully saturated rings.